The van der Waals surface area contributed by atoms with Crippen LogP contribution in [0.25, 0.3) is 11.1 Å². The van der Waals surface area contributed by atoms with Gasteiger partial charge in [0.1, 0.15) is 0 Å². The van der Waals surface area contributed by atoms with Crippen LogP contribution in [0, 0.1) is 0 Å². The molecule has 2 N–H and O–H groups in total. The fraction of sp³-hybridized carbons (Fsp3) is 0.400. The molecular formula is C15H15ClF2N2O. The van der Waals surface area contributed by atoms with E-state index in [2.05, 4.69) is 5.16 Å². The van der Waals surface area contributed by atoms with Crippen molar-refractivity contribution < 1.29 is 13.3 Å². The highest BCUT2D eigenvalue weighted by Gasteiger charge is 2.37. The highest BCUT2D eigenvalue weighted by molar-refractivity contribution is 6.30. The summed E-state index contributed by atoms with van der Waals surface area (Å²) in [5.41, 5.74) is 8.07. The van der Waals surface area contributed by atoms with Crippen molar-refractivity contribution in [3.05, 3.63) is 35.0 Å². The van der Waals surface area contributed by atoms with Gasteiger partial charge in [-0.15, -0.1) is 0 Å². The maximum atomic E-state index is 13.3. The standard InChI is InChI=1S/C15H15ClF2N2O/c16-11-3-1-9(2-4-11)12-13(20-21-14(12)19)10-5-7-15(17,18)8-6-10/h1-4,10H,5-8,19H2. The molecule has 0 saturated heterocycles. The van der Waals surface area contributed by atoms with Gasteiger partial charge in [0, 0.05) is 23.8 Å². The van der Waals surface area contributed by atoms with Gasteiger partial charge in [0.05, 0.1) is 11.3 Å². The van der Waals surface area contributed by atoms with Gasteiger partial charge in [-0.3, -0.25) is 0 Å². The number of alkyl halides is 2. The van der Waals surface area contributed by atoms with Gasteiger partial charge in [-0.1, -0.05) is 28.9 Å². The Labute approximate surface area is 126 Å². The molecule has 0 amide bonds. The minimum atomic E-state index is -2.56. The molecule has 3 nitrogen and oxygen atoms in total. The summed E-state index contributed by atoms with van der Waals surface area (Å²) in [6.07, 6.45) is 0.536. The first-order valence-corrected chi connectivity index (χ1v) is 7.23. The molecule has 0 unspecified atom stereocenters. The number of hydrogen-bond acceptors (Lipinski definition) is 3. The van der Waals surface area contributed by atoms with Gasteiger partial charge in [-0.05, 0) is 30.5 Å². The smallest absolute Gasteiger partial charge is 0.248 e. The first-order chi connectivity index (χ1) is 9.96. The number of aromatic nitrogens is 1. The summed E-state index contributed by atoms with van der Waals surface area (Å²) >= 11 is 5.88. The topological polar surface area (TPSA) is 52.0 Å². The van der Waals surface area contributed by atoms with Gasteiger partial charge in [0.2, 0.25) is 11.8 Å². The second-order valence-corrected chi connectivity index (χ2v) is 5.88. The monoisotopic (exact) mass is 312 g/mol. The lowest BCUT2D eigenvalue weighted by atomic mass is 9.82. The lowest BCUT2D eigenvalue weighted by Crippen LogP contribution is -2.24. The zero-order chi connectivity index (χ0) is 15.0. The molecule has 1 fully saturated rings. The van der Waals surface area contributed by atoms with Crippen LogP contribution in [-0.2, 0) is 0 Å². The Bertz CT molecular complexity index is 630. The van der Waals surface area contributed by atoms with Crippen LogP contribution in [0.5, 0.6) is 0 Å². The first-order valence-electron chi connectivity index (χ1n) is 6.85. The first kappa shape index (κ1) is 14.3. The fourth-order valence-corrected chi connectivity index (χ4v) is 2.94. The van der Waals surface area contributed by atoms with Crippen molar-refractivity contribution >= 4 is 17.5 Å². The van der Waals surface area contributed by atoms with Crippen LogP contribution in [-0.4, -0.2) is 11.1 Å². The van der Waals surface area contributed by atoms with E-state index >= 15 is 0 Å². The lowest BCUT2D eigenvalue weighted by Gasteiger charge is -2.27. The maximum Gasteiger partial charge on any atom is 0.248 e. The Morgan fingerprint density at radius 1 is 1.19 bits per heavy atom. The van der Waals surface area contributed by atoms with Crippen molar-refractivity contribution in [3.63, 3.8) is 0 Å². The van der Waals surface area contributed by atoms with Crippen LogP contribution in [0.4, 0.5) is 14.7 Å². The molecule has 3 rings (SSSR count). The van der Waals surface area contributed by atoms with Crippen LogP contribution < -0.4 is 5.73 Å². The van der Waals surface area contributed by atoms with Gasteiger partial charge in [-0.2, -0.15) is 0 Å². The Hall–Kier alpha value is -1.62. The molecule has 112 valence electrons. The van der Waals surface area contributed by atoms with E-state index in [0.29, 0.717) is 29.1 Å². The molecule has 0 spiro atoms. The fourth-order valence-electron chi connectivity index (χ4n) is 2.81. The Morgan fingerprint density at radius 2 is 1.81 bits per heavy atom. The Morgan fingerprint density at radius 3 is 2.43 bits per heavy atom. The second kappa shape index (κ2) is 5.30. The summed E-state index contributed by atoms with van der Waals surface area (Å²) in [7, 11) is 0. The van der Waals surface area contributed by atoms with Crippen molar-refractivity contribution in [2.75, 3.05) is 5.73 Å². The van der Waals surface area contributed by atoms with Gasteiger partial charge in [-0.25, -0.2) is 8.78 Å². The molecule has 0 aliphatic heterocycles. The number of halogens is 3. The van der Waals surface area contributed by atoms with E-state index in [4.69, 9.17) is 21.9 Å². The van der Waals surface area contributed by atoms with E-state index in [0.717, 1.165) is 5.56 Å². The third-order valence-electron chi connectivity index (χ3n) is 3.98. The number of hydrogen-bond donors (Lipinski definition) is 1. The lowest BCUT2D eigenvalue weighted by molar-refractivity contribution is -0.0386. The van der Waals surface area contributed by atoms with Gasteiger partial charge in [0.15, 0.2) is 0 Å². The van der Waals surface area contributed by atoms with E-state index < -0.39 is 5.92 Å². The van der Waals surface area contributed by atoms with Gasteiger partial charge in [0.25, 0.3) is 0 Å². The summed E-state index contributed by atoms with van der Waals surface area (Å²) in [5.74, 6) is -2.40. The normalized spacial score (nSPS) is 18.8. The minimum absolute atomic E-state index is 0.0450. The van der Waals surface area contributed by atoms with E-state index in [-0.39, 0.29) is 24.6 Å². The van der Waals surface area contributed by atoms with Gasteiger partial charge < -0.3 is 10.3 Å². The number of anilines is 1. The van der Waals surface area contributed by atoms with Crippen LogP contribution in [0.3, 0.4) is 0 Å². The number of benzene rings is 1. The Kier molecular flexibility index (Phi) is 3.61. The van der Waals surface area contributed by atoms with Crippen molar-refractivity contribution in [1.29, 1.82) is 0 Å². The summed E-state index contributed by atoms with van der Waals surface area (Å²) in [4.78, 5) is 0. The average Bonchev–Trinajstić information content (AvgIpc) is 2.82. The van der Waals surface area contributed by atoms with Gasteiger partial charge >= 0.3 is 0 Å². The molecule has 0 bridgehead atoms. The predicted molar refractivity (Wildman–Crippen MR) is 77.5 cm³/mol. The molecule has 1 aromatic carbocycles. The average molecular weight is 313 g/mol. The van der Waals surface area contributed by atoms with Crippen LogP contribution in [0.1, 0.15) is 37.3 Å². The van der Waals surface area contributed by atoms with Crippen molar-refractivity contribution in [3.8, 4) is 11.1 Å². The number of nitrogens with zero attached hydrogens (tertiary/aromatic N) is 1. The van der Waals surface area contributed by atoms with E-state index in [1.54, 1.807) is 12.1 Å². The third-order valence-corrected chi connectivity index (χ3v) is 4.23. The molecule has 0 radical (unpaired) electrons. The molecule has 1 saturated carbocycles. The summed E-state index contributed by atoms with van der Waals surface area (Å²) in [6, 6.07) is 7.16. The van der Waals surface area contributed by atoms with Crippen molar-refractivity contribution in [1.82, 2.24) is 5.16 Å². The zero-order valence-corrected chi connectivity index (χ0v) is 12.0. The molecular weight excluding hydrogens is 298 g/mol. The zero-order valence-electron chi connectivity index (χ0n) is 11.3. The maximum absolute atomic E-state index is 13.3. The Balaban J connectivity index is 1.92. The number of rotatable bonds is 2. The molecule has 2 aromatic rings. The third kappa shape index (κ3) is 2.88. The molecule has 1 aromatic heterocycles. The van der Waals surface area contributed by atoms with Crippen LogP contribution >= 0.6 is 11.6 Å². The van der Waals surface area contributed by atoms with Crippen LogP contribution in [0.15, 0.2) is 28.8 Å². The summed E-state index contributed by atoms with van der Waals surface area (Å²) in [5, 5.41) is 4.63. The predicted octanol–water partition coefficient (Wildman–Crippen LogP) is 4.87. The highest BCUT2D eigenvalue weighted by atomic mass is 35.5. The summed E-state index contributed by atoms with van der Waals surface area (Å²) < 4.78 is 31.7. The molecule has 6 heteroatoms. The molecule has 1 aliphatic rings. The number of nitrogens with two attached hydrogens (primary N) is 1. The minimum Gasteiger partial charge on any atom is -0.367 e. The quantitative estimate of drug-likeness (QED) is 0.860. The van der Waals surface area contributed by atoms with Crippen molar-refractivity contribution in [2.45, 2.75) is 37.5 Å². The molecule has 1 heterocycles. The second-order valence-electron chi connectivity index (χ2n) is 5.44. The van der Waals surface area contributed by atoms with Crippen molar-refractivity contribution in [2.24, 2.45) is 0 Å². The van der Waals surface area contributed by atoms with Crippen LogP contribution in [0.2, 0.25) is 5.02 Å². The SMILES string of the molecule is Nc1onc(C2CCC(F)(F)CC2)c1-c1ccc(Cl)cc1. The van der Waals surface area contributed by atoms with E-state index in [1.807, 2.05) is 12.1 Å². The molecule has 0 atom stereocenters. The molecule has 1 aliphatic carbocycles. The largest absolute Gasteiger partial charge is 0.367 e. The number of nitrogen functional groups attached to an aromatic ring is 1. The summed E-state index contributed by atoms with van der Waals surface area (Å²) in [6.45, 7) is 0. The highest BCUT2D eigenvalue weighted by Crippen LogP contribution is 2.44. The van der Waals surface area contributed by atoms with E-state index in [9.17, 15) is 8.78 Å². The molecule has 21 heavy (non-hydrogen) atoms. The van der Waals surface area contributed by atoms with E-state index in [1.165, 1.54) is 0 Å².